The molecule has 0 aliphatic rings. The fourth-order valence-electron chi connectivity index (χ4n) is 2.26. The third-order valence-electron chi connectivity index (χ3n) is 3.62. The quantitative estimate of drug-likeness (QED) is 0.383. The summed E-state index contributed by atoms with van der Waals surface area (Å²) >= 11 is 6.13. The van der Waals surface area contributed by atoms with Gasteiger partial charge in [0.1, 0.15) is 17.4 Å². The molecule has 2 aromatic rings. The summed E-state index contributed by atoms with van der Waals surface area (Å²) in [5.74, 6) is 1.08. The molecule has 1 aromatic heterocycles. The smallest absolute Gasteiger partial charge is 0.256 e. The molecule has 0 aliphatic heterocycles. The number of nitrogens with one attached hydrogen (secondary N) is 4. The first-order chi connectivity index (χ1) is 13.1. The standard InChI is InChI=1S/C18H21ClN6O2/c1-21-17(24-10-12-4-5-15(27-2)14(19)8-12)13(9-20)18(26)25-11-16-22-6-3-7-23-16/h3-9,20-21,24H,10-11H2,1-2H3,(H,25,26)/b17-13-,20-9?. The summed E-state index contributed by atoms with van der Waals surface area (Å²) < 4.78 is 5.13. The van der Waals surface area contributed by atoms with E-state index in [9.17, 15) is 4.79 Å². The van der Waals surface area contributed by atoms with Crippen molar-refractivity contribution < 1.29 is 9.53 Å². The molecule has 9 heteroatoms. The Bertz CT molecular complexity index is 826. The Morgan fingerprint density at radius 2 is 2.00 bits per heavy atom. The first kappa shape index (κ1) is 20.2. The van der Waals surface area contributed by atoms with Gasteiger partial charge in [-0.2, -0.15) is 0 Å². The van der Waals surface area contributed by atoms with Gasteiger partial charge >= 0.3 is 0 Å². The molecule has 0 bridgehead atoms. The fourth-order valence-corrected chi connectivity index (χ4v) is 2.54. The van der Waals surface area contributed by atoms with Crippen molar-refractivity contribution in [2.45, 2.75) is 13.1 Å². The van der Waals surface area contributed by atoms with E-state index in [1.807, 2.05) is 6.07 Å². The second-order valence-electron chi connectivity index (χ2n) is 5.35. The van der Waals surface area contributed by atoms with Gasteiger partial charge in [0.05, 0.1) is 24.3 Å². The summed E-state index contributed by atoms with van der Waals surface area (Å²) in [5, 5.41) is 16.8. The highest BCUT2D eigenvalue weighted by atomic mass is 35.5. The monoisotopic (exact) mass is 388 g/mol. The van der Waals surface area contributed by atoms with Crippen LogP contribution < -0.4 is 20.7 Å². The molecule has 1 heterocycles. The van der Waals surface area contributed by atoms with Gasteiger partial charge in [-0.25, -0.2) is 9.97 Å². The largest absolute Gasteiger partial charge is 0.495 e. The molecule has 0 atom stereocenters. The zero-order valence-electron chi connectivity index (χ0n) is 15.0. The Morgan fingerprint density at radius 1 is 1.26 bits per heavy atom. The molecule has 1 aromatic carbocycles. The van der Waals surface area contributed by atoms with Crippen LogP contribution in [0.25, 0.3) is 0 Å². The number of carbonyl (C=O) groups is 1. The van der Waals surface area contributed by atoms with Gasteiger partial charge in [-0.1, -0.05) is 17.7 Å². The number of amides is 1. The SMILES string of the molecule is CN/C(NCc1ccc(OC)c(Cl)c1)=C(\C=N)C(=O)NCc1ncccn1. The summed E-state index contributed by atoms with van der Waals surface area (Å²) in [6.45, 7) is 0.578. The first-order valence-electron chi connectivity index (χ1n) is 8.12. The molecule has 0 saturated heterocycles. The maximum Gasteiger partial charge on any atom is 0.256 e. The van der Waals surface area contributed by atoms with E-state index in [-0.39, 0.29) is 12.1 Å². The van der Waals surface area contributed by atoms with Crippen molar-refractivity contribution in [1.82, 2.24) is 25.9 Å². The Kier molecular flexibility index (Phi) is 7.57. The summed E-state index contributed by atoms with van der Waals surface area (Å²) in [4.78, 5) is 20.5. The average Bonchev–Trinajstić information content (AvgIpc) is 2.70. The Hall–Kier alpha value is -3.13. The second-order valence-corrected chi connectivity index (χ2v) is 5.76. The minimum atomic E-state index is -0.415. The minimum Gasteiger partial charge on any atom is -0.495 e. The van der Waals surface area contributed by atoms with Crippen LogP contribution in [-0.4, -0.2) is 36.2 Å². The molecule has 0 spiro atoms. The van der Waals surface area contributed by atoms with Crippen LogP contribution in [0, 0.1) is 5.41 Å². The normalized spacial score (nSPS) is 11.2. The average molecular weight is 389 g/mol. The van der Waals surface area contributed by atoms with Crippen molar-refractivity contribution in [2.75, 3.05) is 14.2 Å². The van der Waals surface area contributed by atoms with Gasteiger partial charge in [0.2, 0.25) is 0 Å². The third kappa shape index (κ3) is 5.68. The van der Waals surface area contributed by atoms with E-state index in [4.69, 9.17) is 21.7 Å². The predicted octanol–water partition coefficient (Wildman–Crippen LogP) is 1.63. The van der Waals surface area contributed by atoms with E-state index in [1.54, 1.807) is 44.8 Å². The molecule has 0 saturated carbocycles. The van der Waals surface area contributed by atoms with E-state index in [0.29, 0.717) is 29.0 Å². The molecular formula is C18H21ClN6O2. The maximum atomic E-state index is 12.4. The summed E-state index contributed by atoms with van der Waals surface area (Å²) in [7, 11) is 3.22. The zero-order valence-corrected chi connectivity index (χ0v) is 15.8. The first-order valence-corrected chi connectivity index (χ1v) is 8.49. The van der Waals surface area contributed by atoms with Crippen LogP contribution in [0.5, 0.6) is 5.75 Å². The topological polar surface area (TPSA) is 112 Å². The molecular weight excluding hydrogens is 368 g/mol. The Morgan fingerprint density at radius 3 is 2.59 bits per heavy atom. The maximum absolute atomic E-state index is 12.4. The lowest BCUT2D eigenvalue weighted by atomic mass is 10.2. The molecule has 0 radical (unpaired) electrons. The van der Waals surface area contributed by atoms with Crippen LogP contribution in [0.1, 0.15) is 11.4 Å². The van der Waals surface area contributed by atoms with E-state index in [0.717, 1.165) is 11.8 Å². The van der Waals surface area contributed by atoms with Crippen molar-refractivity contribution in [2.24, 2.45) is 0 Å². The van der Waals surface area contributed by atoms with Gasteiger partial charge in [0.25, 0.3) is 5.91 Å². The van der Waals surface area contributed by atoms with E-state index in [2.05, 4.69) is 25.9 Å². The molecule has 0 fully saturated rings. The Balaban J connectivity index is 2.05. The van der Waals surface area contributed by atoms with Gasteiger partial charge in [0.15, 0.2) is 0 Å². The van der Waals surface area contributed by atoms with Gasteiger partial charge in [-0.3, -0.25) is 4.79 Å². The predicted molar refractivity (Wildman–Crippen MR) is 104 cm³/mol. The van der Waals surface area contributed by atoms with Gasteiger partial charge in [-0.05, 0) is 23.8 Å². The second kappa shape index (κ2) is 10.1. The van der Waals surface area contributed by atoms with Gasteiger partial charge in [-0.15, -0.1) is 0 Å². The number of aromatic nitrogens is 2. The van der Waals surface area contributed by atoms with Crippen LogP contribution in [0.4, 0.5) is 0 Å². The lowest BCUT2D eigenvalue weighted by molar-refractivity contribution is -0.117. The fraction of sp³-hybridized carbons (Fsp3) is 0.222. The van der Waals surface area contributed by atoms with Gasteiger partial charge < -0.3 is 26.1 Å². The summed E-state index contributed by atoms with van der Waals surface area (Å²) in [6.07, 6.45) is 4.19. The highest BCUT2D eigenvalue weighted by molar-refractivity contribution is 6.32. The number of rotatable bonds is 9. The van der Waals surface area contributed by atoms with Crippen LogP contribution in [-0.2, 0) is 17.9 Å². The van der Waals surface area contributed by atoms with E-state index in [1.165, 1.54) is 0 Å². The van der Waals surface area contributed by atoms with Crippen molar-refractivity contribution >= 4 is 23.7 Å². The number of ether oxygens (including phenoxy) is 1. The van der Waals surface area contributed by atoms with Gasteiger partial charge in [0, 0.05) is 32.2 Å². The van der Waals surface area contributed by atoms with E-state index < -0.39 is 5.91 Å². The van der Waals surface area contributed by atoms with Crippen LogP contribution >= 0.6 is 11.6 Å². The summed E-state index contributed by atoms with van der Waals surface area (Å²) in [6, 6.07) is 7.11. The van der Waals surface area contributed by atoms with Crippen molar-refractivity contribution in [3.05, 3.63) is 64.5 Å². The van der Waals surface area contributed by atoms with Crippen LogP contribution in [0.15, 0.2) is 48.1 Å². The number of carbonyl (C=O) groups excluding carboxylic acids is 1. The highest BCUT2D eigenvalue weighted by Gasteiger charge is 2.13. The van der Waals surface area contributed by atoms with Crippen LogP contribution in [0.2, 0.25) is 5.02 Å². The number of halogens is 1. The molecule has 8 nitrogen and oxygen atoms in total. The number of benzene rings is 1. The lowest BCUT2D eigenvalue weighted by Gasteiger charge is -2.15. The van der Waals surface area contributed by atoms with Crippen molar-refractivity contribution in [3.8, 4) is 5.75 Å². The number of hydrogen-bond donors (Lipinski definition) is 4. The van der Waals surface area contributed by atoms with E-state index >= 15 is 0 Å². The molecule has 1 amide bonds. The molecule has 0 aliphatic carbocycles. The number of hydrogen-bond acceptors (Lipinski definition) is 7. The lowest BCUT2D eigenvalue weighted by Crippen LogP contribution is -2.33. The van der Waals surface area contributed by atoms with Crippen LogP contribution in [0.3, 0.4) is 0 Å². The number of methoxy groups -OCH3 is 1. The van der Waals surface area contributed by atoms with Crippen molar-refractivity contribution in [3.63, 3.8) is 0 Å². The third-order valence-corrected chi connectivity index (χ3v) is 3.92. The molecule has 142 valence electrons. The molecule has 27 heavy (non-hydrogen) atoms. The summed E-state index contributed by atoms with van der Waals surface area (Å²) in [5.41, 5.74) is 1.06. The van der Waals surface area contributed by atoms with Crippen molar-refractivity contribution in [1.29, 1.82) is 5.41 Å². The number of nitrogens with zero attached hydrogens (tertiary/aromatic N) is 2. The molecule has 2 rings (SSSR count). The zero-order chi connectivity index (χ0) is 19.6. The minimum absolute atomic E-state index is 0.160. The highest BCUT2D eigenvalue weighted by Crippen LogP contribution is 2.24. The molecule has 4 N–H and O–H groups in total. The molecule has 0 unspecified atom stereocenters. The Labute approximate surface area is 162 Å².